The molecule has 2 heterocycles. The molecule has 1 unspecified atom stereocenters. The summed E-state index contributed by atoms with van der Waals surface area (Å²) >= 11 is 6.46. The van der Waals surface area contributed by atoms with Crippen LogP contribution in [0.15, 0.2) is 83.5 Å². The summed E-state index contributed by atoms with van der Waals surface area (Å²) in [5, 5.41) is 4.43. The summed E-state index contributed by atoms with van der Waals surface area (Å²) in [5.41, 5.74) is 8.89. The molecule has 0 aliphatic rings. The van der Waals surface area contributed by atoms with E-state index < -0.39 is 15.9 Å². The standard InChI is InChI=1S/C29H26ClFN4O4S/c1-40(36,37)16-21(32)13-23-7-10-27(39-23)19-5-8-26-24(12-19)29(34-17-33-26)35-22-6-9-28(25(30)14-22)38-15-18-3-2-4-20(31)11-18/h2-12,14,17,21H,13,15-16,32H2,1H3,(H,33,34,35). The second kappa shape index (κ2) is 11.6. The van der Waals surface area contributed by atoms with Gasteiger partial charge in [-0.25, -0.2) is 22.8 Å². The SMILES string of the molecule is CS(=O)(=O)CC(N)Cc1ccc(-c2ccc3ncnc(Nc4ccc(OCc5cccc(F)c5)c(Cl)c4)c3c2)o1. The van der Waals surface area contributed by atoms with Crippen molar-refractivity contribution in [3.8, 4) is 17.1 Å². The third-order valence-electron chi connectivity index (χ3n) is 6.04. The predicted octanol–water partition coefficient (Wildman–Crippen LogP) is 5.92. The van der Waals surface area contributed by atoms with Crippen LogP contribution in [0.1, 0.15) is 11.3 Å². The van der Waals surface area contributed by atoms with Crippen LogP contribution in [0.4, 0.5) is 15.9 Å². The molecular formula is C29H26ClFN4O4S. The number of benzene rings is 3. The first-order valence-electron chi connectivity index (χ1n) is 12.3. The monoisotopic (exact) mass is 580 g/mol. The fourth-order valence-corrected chi connectivity index (χ4v) is 5.41. The zero-order valence-corrected chi connectivity index (χ0v) is 23.0. The van der Waals surface area contributed by atoms with Gasteiger partial charge in [-0.2, -0.15) is 0 Å². The Morgan fingerprint density at radius 2 is 1.93 bits per heavy atom. The summed E-state index contributed by atoms with van der Waals surface area (Å²) in [5.74, 6) is 1.81. The number of nitrogens with one attached hydrogen (secondary N) is 1. The molecule has 0 fully saturated rings. The lowest BCUT2D eigenvalue weighted by molar-refractivity contribution is 0.306. The largest absolute Gasteiger partial charge is 0.487 e. The molecule has 0 aliphatic carbocycles. The maximum absolute atomic E-state index is 13.4. The molecule has 0 amide bonds. The molecule has 0 spiro atoms. The van der Waals surface area contributed by atoms with E-state index in [0.29, 0.717) is 45.8 Å². The maximum atomic E-state index is 13.4. The molecule has 0 radical (unpaired) electrons. The zero-order valence-electron chi connectivity index (χ0n) is 21.5. The van der Waals surface area contributed by atoms with Crippen molar-refractivity contribution < 1.29 is 22.0 Å². The van der Waals surface area contributed by atoms with Gasteiger partial charge in [-0.15, -0.1) is 0 Å². The van der Waals surface area contributed by atoms with E-state index in [1.54, 1.807) is 30.3 Å². The molecule has 8 nitrogen and oxygen atoms in total. The third kappa shape index (κ3) is 6.95. The van der Waals surface area contributed by atoms with Gasteiger partial charge in [0.15, 0.2) is 0 Å². The Labute approximate surface area is 235 Å². The average Bonchev–Trinajstić information content (AvgIpc) is 3.35. The molecule has 0 aliphatic heterocycles. The van der Waals surface area contributed by atoms with Crippen LogP contribution in [-0.4, -0.2) is 36.4 Å². The van der Waals surface area contributed by atoms with Crippen LogP contribution in [0.25, 0.3) is 22.2 Å². The second-order valence-corrected chi connectivity index (χ2v) is 12.1. The summed E-state index contributed by atoms with van der Waals surface area (Å²) in [4.78, 5) is 8.78. The van der Waals surface area contributed by atoms with Gasteiger partial charge in [0.05, 0.1) is 16.3 Å². The highest BCUT2D eigenvalue weighted by Crippen LogP contribution is 2.33. The van der Waals surface area contributed by atoms with E-state index in [9.17, 15) is 12.8 Å². The average molecular weight is 581 g/mol. The number of rotatable bonds is 10. The first-order chi connectivity index (χ1) is 19.1. The van der Waals surface area contributed by atoms with E-state index in [2.05, 4.69) is 15.3 Å². The quantitative estimate of drug-likeness (QED) is 0.209. The Balaban J connectivity index is 1.33. The second-order valence-electron chi connectivity index (χ2n) is 9.47. The molecule has 5 rings (SSSR count). The summed E-state index contributed by atoms with van der Waals surface area (Å²) in [6.45, 7) is 0.182. The van der Waals surface area contributed by atoms with E-state index in [0.717, 1.165) is 22.7 Å². The Hall–Kier alpha value is -3.99. The van der Waals surface area contributed by atoms with Crippen LogP contribution >= 0.6 is 11.6 Å². The van der Waals surface area contributed by atoms with Gasteiger partial charge in [-0.3, -0.25) is 0 Å². The zero-order chi connectivity index (χ0) is 28.3. The number of nitrogens with zero attached hydrogens (tertiary/aromatic N) is 2. The highest BCUT2D eigenvalue weighted by molar-refractivity contribution is 7.90. The van der Waals surface area contributed by atoms with Gasteiger partial charge in [0.2, 0.25) is 0 Å². The highest BCUT2D eigenvalue weighted by atomic mass is 35.5. The van der Waals surface area contributed by atoms with E-state index in [1.165, 1.54) is 18.5 Å². The number of halogens is 2. The van der Waals surface area contributed by atoms with Crippen LogP contribution < -0.4 is 15.8 Å². The first kappa shape index (κ1) is 27.6. The molecule has 40 heavy (non-hydrogen) atoms. The van der Waals surface area contributed by atoms with Crippen LogP contribution in [-0.2, 0) is 22.9 Å². The van der Waals surface area contributed by atoms with Gasteiger partial charge < -0.3 is 20.2 Å². The van der Waals surface area contributed by atoms with E-state index in [1.807, 2.05) is 30.3 Å². The summed E-state index contributed by atoms with van der Waals surface area (Å²) in [6, 6.07) is 20.2. The minimum absolute atomic E-state index is 0.116. The van der Waals surface area contributed by atoms with Gasteiger partial charge in [0.25, 0.3) is 0 Å². The molecular weight excluding hydrogens is 555 g/mol. The summed E-state index contributed by atoms with van der Waals surface area (Å²) in [6.07, 6.45) is 2.93. The topological polar surface area (TPSA) is 120 Å². The lowest BCUT2D eigenvalue weighted by atomic mass is 10.1. The number of aromatic nitrogens is 2. The van der Waals surface area contributed by atoms with E-state index in [-0.39, 0.29) is 18.2 Å². The fraction of sp³-hybridized carbons (Fsp3) is 0.172. The normalized spacial score (nSPS) is 12.4. The molecule has 0 saturated heterocycles. The van der Waals surface area contributed by atoms with Crippen molar-refractivity contribution in [2.75, 3.05) is 17.3 Å². The number of hydrogen-bond acceptors (Lipinski definition) is 8. The van der Waals surface area contributed by atoms with Gasteiger partial charge in [-0.1, -0.05) is 23.7 Å². The van der Waals surface area contributed by atoms with Crippen molar-refractivity contribution >= 4 is 43.8 Å². The van der Waals surface area contributed by atoms with Crippen molar-refractivity contribution in [1.82, 2.24) is 9.97 Å². The van der Waals surface area contributed by atoms with E-state index in [4.69, 9.17) is 26.5 Å². The minimum atomic E-state index is -3.18. The van der Waals surface area contributed by atoms with Crippen LogP contribution in [0, 0.1) is 5.82 Å². The van der Waals surface area contributed by atoms with Crippen LogP contribution in [0.2, 0.25) is 5.02 Å². The maximum Gasteiger partial charge on any atom is 0.148 e. The summed E-state index contributed by atoms with van der Waals surface area (Å²) in [7, 11) is -3.18. The van der Waals surface area contributed by atoms with Crippen molar-refractivity contribution in [3.05, 3.63) is 101 Å². The first-order valence-corrected chi connectivity index (χ1v) is 14.8. The number of fused-ring (bicyclic) bond motifs is 1. The smallest absolute Gasteiger partial charge is 0.148 e. The van der Waals surface area contributed by atoms with Gasteiger partial charge in [-0.05, 0) is 66.2 Å². The number of ether oxygens (including phenoxy) is 1. The third-order valence-corrected chi connectivity index (χ3v) is 7.37. The van der Waals surface area contributed by atoms with Crippen molar-refractivity contribution in [2.24, 2.45) is 5.73 Å². The lowest BCUT2D eigenvalue weighted by Gasteiger charge is -2.12. The predicted molar refractivity (Wildman–Crippen MR) is 154 cm³/mol. The highest BCUT2D eigenvalue weighted by Gasteiger charge is 2.15. The van der Waals surface area contributed by atoms with Gasteiger partial charge in [0, 0.05) is 35.4 Å². The van der Waals surface area contributed by atoms with Gasteiger partial charge in [0.1, 0.15) is 51.7 Å². The Bertz CT molecular complexity index is 1780. The number of nitrogens with two attached hydrogens (primary N) is 1. The Morgan fingerprint density at radius 1 is 1.07 bits per heavy atom. The molecule has 3 aromatic carbocycles. The van der Waals surface area contributed by atoms with Crippen LogP contribution in [0.3, 0.4) is 0 Å². The summed E-state index contributed by atoms with van der Waals surface area (Å²) < 4.78 is 48.2. The van der Waals surface area contributed by atoms with Crippen molar-refractivity contribution in [1.29, 1.82) is 0 Å². The molecule has 0 saturated carbocycles. The molecule has 206 valence electrons. The van der Waals surface area contributed by atoms with Crippen molar-refractivity contribution in [3.63, 3.8) is 0 Å². The molecule has 5 aromatic rings. The fourth-order valence-electron chi connectivity index (χ4n) is 4.28. The van der Waals surface area contributed by atoms with E-state index >= 15 is 0 Å². The van der Waals surface area contributed by atoms with Crippen molar-refractivity contribution in [2.45, 2.75) is 19.1 Å². The molecule has 1 atom stereocenters. The Kier molecular flexibility index (Phi) is 8.02. The minimum Gasteiger partial charge on any atom is -0.487 e. The lowest BCUT2D eigenvalue weighted by Crippen LogP contribution is -2.31. The van der Waals surface area contributed by atoms with Gasteiger partial charge >= 0.3 is 0 Å². The molecule has 2 aromatic heterocycles. The number of hydrogen-bond donors (Lipinski definition) is 2. The number of anilines is 2. The Morgan fingerprint density at radius 3 is 2.70 bits per heavy atom. The number of sulfone groups is 1. The molecule has 11 heteroatoms. The number of furan rings is 1. The molecule has 0 bridgehead atoms. The molecule has 3 N–H and O–H groups in total. The van der Waals surface area contributed by atoms with Crippen LogP contribution in [0.5, 0.6) is 5.75 Å².